The summed E-state index contributed by atoms with van der Waals surface area (Å²) in [5.74, 6) is -6.77. The van der Waals surface area contributed by atoms with Gasteiger partial charge in [-0.15, -0.1) is 11.8 Å². The molecule has 5 aromatic rings. The highest BCUT2D eigenvalue weighted by atomic mass is 32.2. The highest BCUT2D eigenvalue weighted by Crippen LogP contribution is 2.37. The Kier molecular flexibility index (Phi) is 6.73. The summed E-state index contributed by atoms with van der Waals surface area (Å²) in [6.45, 7) is 0.0768. The zero-order chi connectivity index (χ0) is 28.8. The lowest BCUT2D eigenvalue weighted by Crippen LogP contribution is -2.51. The quantitative estimate of drug-likeness (QED) is 0.117. The maximum Gasteiger partial charge on any atom is 0.258 e. The van der Waals surface area contributed by atoms with E-state index in [1.807, 2.05) is 42.5 Å². The van der Waals surface area contributed by atoms with Gasteiger partial charge in [0.15, 0.2) is 28.9 Å². The van der Waals surface area contributed by atoms with Gasteiger partial charge in [0.1, 0.15) is 29.3 Å². The molecule has 1 aliphatic heterocycles. The molecule has 0 aliphatic carbocycles. The molecule has 0 spiro atoms. The van der Waals surface area contributed by atoms with Gasteiger partial charge in [-0.1, -0.05) is 18.2 Å². The van der Waals surface area contributed by atoms with E-state index in [2.05, 4.69) is 9.97 Å². The van der Waals surface area contributed by atoms with Crippen LogP contribution in [0, 0.1) is 23.3 Å². The van der Waals surface area contributed by atoms with Gasteiger partial charge in [0.2, 0.25) is 0 Å². The number of rotatable bonds is 6. The lowest BCUT2D eigenvalue weighted by Gasteiger charge is -2.39. The SMILES string of the molecule is CSc1c(F)c(F)c(F)c(F)c1C(=O)N1CC(n2nc(-c3ccc(Oc4ccccc4)cc3)c3c(N)ncnc32)C1. The van der Waals surface area contributed by atoms with E-state index >= 15 is 0 Å². The van der Waals surface area contributed by atoms with E-state index in [0.29, 0.717) is 45.6 Å². The van der Waals surface area contributed by atoms with Crippen molar-refractivity contribution in [2.45, 2.75) is 10.9 Å². The first-order valence-corrected chi connectivity index (χ1v) is 13.5. The molecule has 1 saturated heterocycles. The Balaban J connectivity index is 1.28. The number of fused-ring (bicyclic) bond motifs is 1. The fraction of sp³-hybridized carbons (Fsp3) is 0.143. The molecule has 13 heteroatoms. The van der Waals surface area contributed by atoms with Crippen LogP contribution in [-0.2, 0) is 0 Å². The summed E-state index contributed by atoms with van der Waals surface area (Å²) in [6.07, 6.45) is 2.63. The lowest BCUT2D eigenvalue weighted by atomic mass is 10.1. The second-order valence-corrected chi connectivity index (χ2v) is 10.0. The number of ether oxygens (including phenoxy) is 1. The van der Waals surface area contributed by atoms with Crippen molar-refractivity contribution in [2.24, 2.45) is 0 Å². The first-order valence-electron chi connectivity index (χ1n) is 12.3. The van der Waals surface area contributed by atoms with Crippen LogP contribution in [0.5, 0.6) is 11.5 Å². The van der Waals surface area contributed by atoms with E-state index in [4.69, 9.17) is 15.6 Å². The van der Waals surface area contributed by atoms with E-state index in [-0.39, 0.29) is 18.9 Å². The van der Waals surface area contributed by atoms with Gasteiger partial charge in [0.25, 0.3) is 5.91 Å². The highest BCUT2D eigenvalue weighted by Gasteiger charge is 2.39. The minimum Gasteiger partial charge on any atom is -0.457 e. The van der Waals surface area contributed by atoms with Crippen molar-refractivity contribution in [3.63, 3.8) is 0 Å². The summed E-state index contributed by atoms with van der Waals surface area (Å²) in [4.78, 5) is 22.1. The molecule has 2 aromatic heterocycles. The summed E-state index contributed by atoms with van der Waals surface area (Å²) >= 11 is 0.616. The first-order chi connectivity index (χ1) is 19.8. The van der Waals surface area contributed by atoms with E-state index in [9.17, 15) is 22.4 Å². The molecular weight excluding hydrogens is 560 g/mol. The largest absolute Gasteiger partial charge is 0.457 e. The third kappa shape index (κ3) is 4.51. The average Bonchev–Trinajstić information content (AvgIpc) is 3.34. The number of halogens is 4. The number of nitrogens with zero attached hydrogens (tertiary/aromatic N) is 5. The predicted molar refractivity (Wildman–Crippen MR) is 145 cm³/mol. The summed E-state index contributed by atoms with van der Waals surface area (Å²) in [5, 5.41) is 5.23. The van der Waals surface area contributed by atoms with Gasteiger partial charge in [-0.3, -0.25) is 4.79 Å². The van der Waals surface area contributed by atoms with Crippen molar-refractivity contribution in [1.29, 1.82) is 0 Å². The molecule has 0 saturated carbocycles. The number of nitrogens with two attached hydrogens (primary N) is 1. The van der Waals surface area contributed by atoms with Gasteiger partial charge in [-0.2, -0.15) is 5.10 Å². The van der Waals surface area contributed by atoms with Crippen LogP contribution < -0.4 is 10.5 Å². The Morgan fingerprint density at radius 2 is 1.59 bits per heavy atom. The number of carbonyl (C=O) groups is 1. The molecule has 1 aliphatic rings. The lowest BCUT2D eigenvalue weighted by molar-refractivity contribution is 0.0496. The Morgan fingerprint density at radius 1 is 0.927 bits per heavy atom. The molecule has 0 radical (unpaired) electrons. The van der Waals surface area contributed by atoms with Crippen LogP contribution in [0.25, 0.3) is 22.3 Å². The van der Waals surface area contributed by atoms with Crippen LogP contribution in [0.3, 0.4) is 0 Å². The number of anilines is 1. The van der Waals surface area contributed by atoms with E-state index in [1.54, 1.807) is 16.8 Å². The van der Waals surface area contributed by atoms with E-state index < -0.39 is 45.7 Å². The Morgan fingerprint density at radius 3 is 2.27 bits per heavy atom. The van der Waals surface area contributed by atoms with Crippen LogP contribution in [0.15, 0.2) is 65.8 Å². The van der Waals surface area contributed by atoms with Crippen LogP contribution >= 0.6 is 11.8 Å². The standard InChI is InChI=1S/C28H20F4N6O2S/c1-41-25-18(20(29)21(30)22(31)23(25)32)28(39)37-11-15(12-37)38-27-19(26(33)34-13-35-27)24(36-38)14-7-9-17(10-8-14)40-16-5-3-2-4-6-16/h2-10,13,15H,11-12H2,1H3,(H2,33,34,35). The molecule has 8 nitrogen and oxygen atoms in total. The minimum absolute atomic E-state index is 0.0384. The number of likely N-dealkylation sites (tertiary alicyclic amines) is 1. The van der Waals surface area contributed by atoms with Gasteiger partial charge >= 0.3 is 0 Å². The number of carbonyl (C=O) groups excluding carboxylic acids is 1. The van der Waals surface area contributed by atoms with Gasteiger partial charge in [0, 0.05) is 18.7 Å². The maximum absolute atomic E-state index is 14.6. The van der Waals surface area contributed by atoms with Crippen molar-refractivity contribution >= 4 is 34.5 Å². The number of hydrogen-bond acceptors (Lipinski definition) is 7. The van der Waals surface area contributed by atoms with Crippen LogP contribution in [-0.4, -0.2) is 49.9 Å². The molecule has 3 aromatic carbocycles. The molecule has 1 fully saturated rings. The smallest absolute Gasteiger partial charge is 0.258 e. The van der Waals surface area contributed by atoms with Gasteiger partial charge in [0.05, 0.1) is 21.9 Å². The predicted octanol–water partition coefficient (Wildman–Crippen LogP) is 5.84. The molecule has 0 bridgehead atoms. The van der Waals surface area contributed by atoms with E-state index in [0.717, 1.165) is 0 Å². The zero-order valence-electron chi connectivity index (χ0n) is 21.3. The minimum atomic E-state index is -2.03. The molecule has 41 heavy (non-hydrogen) atoms. The molecule has 1 amide bonds. The third-order valence-corrected chi connectivity index (χ3v) is 7.55. The number of amides is 1. The number of para-hydroxylation sites is 1. The van der Waals surface area contributed by atoms with Gasteiger partial charge in [-0.25, -0.2) is 32.2 Å². The normalized spacial score (nSPS) is 13.4. The molecular formula is C28H20F4N6O2S. The first kappa shape index (κ1) is 26.6. The summed E-state index contributed by atoms with van der Waals surface area (Å²) < 4.78 is 64.0. The number of aromatic nitrogens is 4. The maximum atomic E-state index is 14.6. The van der Waals surface area contributed by atoms with Crippen LogP contribution in [0.1, 0.15) is 16.4 Å². The zero-order valence-corrected chi connectivity index (χ0v) is 22.1. The van der Waals surface area contributed by atoms with Gasteiger partial charge < -0.3 is 15.4 Å². The molecule has 0 atom stereocenters. The van der Waals surface area contributed by atoms with Crippen molar-refractivity contribution in [3.8, 4) is 22.8 Å². The second kappa shape index (κ2) is 10.4. The molecule has 6 rings (SSSR count). The number of thioether (sulfide) groups is 1. The van der Waals surface area contributed by atoms with Crippen LogP contribution in [0.4, 0.5) is 23.4 Å². The second-order valence-electron chi connectivity index (χ2n) is 9.22. The number of nitrogen functional groups attached to an aromatic ring is 1. The van der Waals surface area contributed by atoms with Crippen molar-refractivity contribution in [1.82, 2.24) is 24.6 Å². The summed E-state index contributed by atoms with van der Waals surface area (Å²) in [7, 11) is 0. The van der Waals surface area contributed by atoms with Crippen molar-refractivity contribution in [3.05, 3.63) is 89.8 Å². The highest BCUT2D eigenvalue weighted by molar-refractivity contribution is 7.98. The van der Waals surface area contributed by atoms with Crippen molar-refractivity contribution < 1.29 is 27.1 Å². The fourth-order valence-electron chi connectivity index (χ4n) is 4.69. The monoisotopic (exact) mass is 580 g/mol. The third-order valence-electron chi connectivity index (χ3n) is 6.76. The molecule has 0 unspecified atom stereocenters. The molecule has 2 N–H and O–H groups in total. The average molecular weight is 581 g/mol. The fourth-order valence-corrected chi connectivity index (χ4v) is 5.34. The van der Waals surface area contributed by atoms with Crippen LogP contribution in [0.2, 0.25) is 0 Å². The Hall–Kier alpha value is -4.65. The number of benzene rings is 3. The number of hydrogen-bond donors (Lipinski definition) is 1. The summed E-state index contributed by atoms with van der Waals surface area (Å²) in [6, 6.07) is 16.1. The Labute approximate surface area is 234 Å². The van der Waals surface area contributed by atoms with Crippen molar-refractivity contribution in [2.75, 3.05) is 25.1 Å². The molecule has 208 valence electrons. The van der Waals surface area contributed by atoms with E-state index in [1.165, 1.54) is 17.5 Å². The Bertz CT molecular complexity index is 1790. The molecule has 3 heterocycles. The van der Waals surface area contributed by atoms with Gasteiger partial charge in [-0.05, 0) is 42.7 Å². The topological polar surface area (TPSA) is 99.2 Å². The summed E-state index contributed by atoms with van der Waals surface area (Å²) in [5.41, 5.74) is 7.00.